The third-order valence-corrected chi connectivity index (χ3v) is 7.26. The van der Waals surface area contributed by atoms with Gasteiger partial charge < -0.3 is 10.2 Å². The minimum Gasteiger partial charge on any atom is -0.323 e. The van der Waals surface area contributed by atoms with Crippen LogP contribution < -0.4 is 5.32 Å². The molecule has 5 rings (SSSR count). The van der Waals surface area contributed by atoms with Gasteiger partial charge in [-0.1, -0.05) is 11.6 Å². The second-order valence-electron chi connectivity index (χ2n) is 9.48. The number of nitrogens with one attached hydrogen (secondary N) is 1. The Hall–Kier alpha value is -2.64. The third kappa shape index (κ3) is 4.57. The van der Waals surface area contributed by atoms with Gasteiger partial charge in [0, 0.05) is 36.0 Å². The highest BCUT2D eigenvalue weighted by Gasteiger charge is 2.48. The van der Waals surface area contributed by atoms with Crippen LogP contribution in [0.1, 0.15) is 37.1 Å². The molecule has 3 aliphatic heterocycles. The largest absolute Gasteiger partial charge is 0.323 e. The minimum atomic E-state index is -0.874. The molecule has 1 saturated heterocycles. The van der Waals surface area contributed by atoms with E-state index in [1.54, 1.807) is 18.5 Å². The van der Waals surface area contributed by atoms with Crippen LogP contribution in [0.3, 0.4) is 0 Å². The predicted octanol–water partition coefficient (Wildman–Crippen LogP) is 3.94. The zero-order valence-electron chi connectivity index (χ0n) is 19.1. The quantitative estimate of drug-likeness (QED) is 0.734. The molecule has 4 aliphatic rings. The normalized spacial score (nSPS) is 27.8. The number of ketones is 1. The first-order valence-corrected chi connectivity index (χ1v) is 12.0. The van der Waals surface area contributed by atoms with Crippen molar-refractivity contribution in [3.63, 3.8) is 0 Å². The number of pyridine rings is 1. The zero-order chi connectivity index (χ0) is 23.0. The molecule has 0 bridgehead atoms. The Morgan fingerprint density at radius 3 is 2.88 bits per heavy atom. The van der Waals surface area contributed by atoms with Crippen molar-refractivity contribution < 1.29 is 4.79 Å². The summed E-state index contributed by atoms with van der Waals surface area (Å²) in [5.74, 6) is 1.11. The lowest BCUT2D eigenvalue weighted by atomic mass is 9.75. The lowest BCUT2D eigenvalue weighted by molar-refractivity contribution is -0.120. The van der Waals surface area contributed by atoms with E-state index in [9.17, 15) is 4.79 Å². The van der Waals surface area contributed by atoms with Crippen molar-refractivity contribution in [3.05, 3.63) is 46.3 Å². The van der Waals surface area contributed by atoms with Gasteiger partial charge in [-0.05, 0) is 82.1 Å². The van der Waals surface area contributed by atoms with Crippen molar-refractivity contribution in [2.45, 2.75) is 44.7 Å². The number of halogens is 1. The maximum atomic E-state index is 12.3. The number of anilines is 1. The molecule has 33 heavy (non-hydrogen) atoms. The van der Waals surface area contributed by atoms with Gasteiger partial charge in [0.15, 0.2) is 5.66 Å². The molecule has 172 valence electrons. The number of hydrogen-bond donors (Lipinski definition) is 1. The second kappa shape index (κ2) is 8.95. The highest BCUT2D eigenvalue weighted by atomic mass is 35.5. The van der Waals surface area contributed by atoms with Gasteiger partial charge >= 0.3 is 0 Å². The van der Waals surface area contributed by atoms with Gasteiger partial charge in [-0.3, -0.25) is 14.8 Å². The number of carbonyl (C=O) groups excluding carboxylic acids is 1. The van der Waals surface area contributed by atoms with Crippen LogP contribution >= 0.6 is 11.6 Å². The molecule has 1 aromatic rings. The van der Waals surface area contributed by atoms with Crippen molar-refractivity contribution in [2.75, 3.05) is 25.5 Å². The van der Waals surface area contributed by atoms with Crippen molar-refractivity contribution in [1.29, 1.82) is 0 Å². The number of likely N-dealkylation sites (tertiary alicyclic amines) is 1. The molecule has 8 heteroatoms. The first kappa shape index (κ1) is 22.2. The highest BCUT2D eigenvalue weighted by Crippen LogP contribution is 2.43. The summed E-state index contributed by atoms with van der Waals surface area (Å²) in [6, 6.07) is 4.16. The first-order valence-electron chi connectivity index (χ1n) is 11.6. The SMILES string of the molecule is Cc1nc(CC2CCN(C)CC2)ccc1NC1=NC23N=CC=C(Cl)C=C2CC(=O)CC3C=N1. The molecular formula is C25H29ClN6O. The number of aliphatic imine (C=N–C) groups is 3. The van der Waals surface area contributed by atoms with Crippen LogP contribution in [0, 0.1) is 18.8 Å². The van der Waals surface area contributed by atoms with Crippen LogP contribution in [0.4, 0.5) is 5.69 Å². The minimum absolute atomic E-state index is 0.154. The van der Waals surface area contributed by atoms with Crippen molar-refractivity contribution >= 4 is 41.5 Å². The standard InChI is InChI=1S/C25H29ClN6O/c1-16-23(4-3-21(29-16)11-17-6-9-32(2)10-7-17)30-24-27-15-19-14-22(33)13-18-12-20(26)5-8-28-25(18,19)31-24/h3-5,8,12,15,17,19H,6-7,9-11,13-14H2,1-2H3,(H,30,31). The second-order valence-corrected chi connectivity index (χ2v) is 9.91. The molecule has 1 aromatic heterocycles. The summed E-state index contributed by atoms with van der Waals surface area (Å²) in [5.41, 5.74) is 2.86. The number of hydrogen-bond acceptors (Lipinski definition) is 7. The molecule has 1 saturated carbocycles. The van der Waals surface area contributed by atoms with Crippen LogP contribution in [0.2, 0.25) is 0 Å². The van der Waals surface area contributed by atoms with Crippen LogP contribution in [-0.2, 0) is 11.2 Å². The van der Waals surface area contributed by atoms with Gasteiger partial charge in [-0.25, -0.2) is 9.98 Å². The summed E-state index contributed by atoms with van der Waals surface area (Å²) in [6.45, 7) is 4.33. The summed E-state index contributed by atoms with van der Waals surface area (Å²) >= 11 is 6.27. The number of aryl methyl sites for hydroxylation is 1. The highest BCUT2D eigenvalue weighted by molar-refractivity contribution is 6.32. The Balaban J connectivity index is 1.36. The molecule has 4 heterocycles. The molecule has 0 aromatic carbocycles. The Bertz CT molecular complexity index is 1110. The Labute approximate surface area is 199 Å². The van der Waals surface area contributed by atoms with E-state index in [2.05, 4.69) is 34.4 Å². The molecule has 2 atom stereocenters. The Kier molecular flexibility index (Phi) is 6.01. The van der Waals surface area contributed by atoms with Gasteiger partial charge in [0.05, 0.1) is 17.3 Å². The van der Waals surface area contributed by atoms with E-state index in [0.29, 0.717) is 29.8 Å². The number of rotatable bonds is 3. The van der Waals surface area contributed by atoms with Crippen molar-refractivity contribution in [2.24, 2.45) is 26.8 Å². The van der Waals surface area contributed by atoms with Gasteiger partial charge in [-0.2, -0.15) is 0 Å². The van der Waals surface area contributed by atoms with Crippen LogP contribution in [0.5, 0.6) is 0 Å². The lowest BCUT2D eigenvalue weighted by Crippen LogP contribution is -2.46. The van der Waals surface area contributed by atoms with Crippen molar-refractivity contribution in [1.82, 2.24) is 9.88 Å². The number of nitrogens with zero attached hydrogens (tertiary/aromatic N) is 5. The van der Waals surface area contributed by atoms with E-state index < -0.39 is 5.66 Å². The number of carbonyl (C=O) groups is 1. The average Bonchev–Trinajstić information content (AvgIpc) is 2.93. The zero-order valence-corrected chi connectivity index (χ0v) is 19.8. The average molecular weight is 465 g/mol. The summed E-state index contributed by atoms with van der Waals surface area (Å²) in [7, 11) is 2.19. The molecule has 1 spiro atoms. The monoisotopic (exact) mass is 464 g/mol. The van der Waals surface area contributed by atoms with E-state index in [1.165, 1.54) is 12.8 Å². The molecule has 0 amide bonds. The van der Waals surface area contributed by atoms with Gasteiger partial charge in [0.25, 0.3) is 0 Å². The Morgan fingerprint density at radius 2 is 2.09 bits per heavy atom. The molecule has 1 N–H and O–H groups in total. The first-order chi connectivity index (χ1) is 15.9. The van der Waals surface area contributed by atoms with E-state index in [4.69, 9.17) is 26.6 Å². The fourth-order valence-electron chi connectivity index (χ4n) is 5.11. The maximum Gasteiger partial charge on any atom is 0.224 e. The number of piperidine rings is 1. The predicted molar refractivity (Wildman–Crippen MR) is 133 cm³/mol. The summed E-state index contributed by atoms with van der Waals surface area (Å²) < 4.78 is 0. The molecule has 7 nitrogen and oxygen atoms in total. The van der Waals surface area contributed by atoms with Crippen LogP contribution in [0.25, 0.3) is 0 Å². The van der Waals surface area contributed by atoms with Gasteiger partial charge in [0.1, 0.15) is 5.78 Å². The smallest absolute Gasteiger partial charge is 0.224 e. The van der Waals surface area contributed by atoms with E-state index in [-0.39, 0.29) is 11.7 Å². The maximum absolute atomic E-state index is 12.3. The van der Waals surface area contributed by atoms with E-state index >= 15 is 0 Å². The summed E-state index contributed by atoms with van der Waals surface area (Å²) in [6.07, 6.45) is 11.2. The number of Topliss-reactive ketones (excluding diaryl/α,β-unsaturated/α-hetero) is 1. The van der Waals surface area contributed by atoms with E-state index in [1.807, 2.05) is 13.0 Å². The van der Waals surface area contributed by atoms with Gasteiger partial charge in [0.2, 0.25) is 5.96 Å². The molecule has 0 radical (unpaired) electrons. The van der Waals surface area contributed by atoms with Gasteiger partial charge in [-0.15, -0.1) is 0 Å². The number of aromatic nitrogens is 1. The summed E-state index contributed by atoms with van der Waals surface area (Å²) in [4.78, 5) is 33.7. The topological polar surface area (TPSA) is 82.3 Å². The fourth-order valence-corrected chi connectivity index (χ4v) is 5.29. The summed E-state index contributed by atoms with van der Waals surface area (Å²) in [5, 5.41) is 3.88. The molecule has 2 fully saturated rings. The van der Waals surface area contributed by atoms with Crippen LogP contribution in [0.15, 0.2) is 49.9 Å². The number of allylic oxidation sites excluding steroid dienone is 3. The number of guanidine groups is 1. The molecule has 2 unspecified atom stereocenters. The molecular weight excluding hydrogens is 436 g/mol. The lowest BCUT2D eigenvalue weighted by Gasteiger charge is -2.39. The Morgan fingerprint density at radius 1 is 1.27 bits per heavy atom. The van der Waals surface area contributed by atoms with Crippen LogP contribution in [-0.4, -0.2) is 59.9 Å². The third-order valence-electron chi connectivity index (χ3n) is 7.02. The fraction of sp³-hybridized carbons (Fsp3) is 0.480. The van der Waals surface area contributed by atoms with Crippen molar-refractivity contribution in [3.8, 4) is 0 Å². The molecule has 1 aliphatic carbocycles. The van der Waals surface area contributed by atoms with E-state index in [0.717, 1.165) is 42.2 Å².